The van der Waals surface area contributed by atoms with Gasteiger partial charge in [0.1, 0.15) is 11.6 Å². The Kier molecular flexibility index (Phi) is 5.11. The van der Waals surface area contributed by atoms with Crippen molar-refractivity contribution in [1.82, 2.24) is 19.7 Å². The molecule has 1 fully saturated rings. The summed E-state index contributed by atoms with van der Waals surface area (Å²) >= 11 is 0. The predicted octanol–water partition coefficient (Wildman–Crippen LogP) is 4.82. The summed E-state index contributed by atoms with van der Waals surface area (Å²) in [6.45, 7) is 4.92. The van der Waals surface area contributed by atoms with Crippen molar-refractivity contribution >= 4 is 0 Å². The third kappa shape index (κ3) is 4.38. The Bertz CT molecular complexity index is 717. The van der Waals surface area contributed by atoms with Gasteiger partial charge in [-0.2, -0.15) is 5.10 Å². The lowest BCUT2D eigenvalue weighted by Crippen LogP contribution is -2.25. The molecule has 136 valence electrons. The first-order valence-corrected chi connectivity index (χ1v) is 8.77. The van der Waals surface area contributed by atoms with Crippen LogP contribution in [0.25, 0.3) is 11.4 Å². The van der Waals surface area contributed by atoms with E-state index in [1.54, 1.807) is 0 Å². The van der Waals surface area contributed by atoms with Crippen LogP contribution in [0.2, 0.25) is 0 Å². The number of nitrogens with zero attached hydrogens (tertiary/aromatic N) is 4. The highest BCUT2D eigenvalue weighted by Crippen LogP contribution is 2.40. The van der Waals surface area contributed by atoms with Gasteiger partial charge in [-0.25, -0.2) is 22.8 Å². The van der Waals surface area contributed by atoms with Gasteiger partial charge in [0, 0.05) is 37.1 Å². The van der Waals surface area contributed by atoms with Crippen molar-refractivity contribution in [3.05, 3.63) is 30.1 Å². The summed E-state index contributed by atoms with van der Waals surface area (Å²) in [5, 5.41) is 4.52. The van der Waals surface area contributed by atoms with E-state index in [1.165, 1.54) is 12.3 Å². The standard InChI is InChI=1S/C18H23F3N4/c1-12(2)5-8-25-17(13-3-6-18(20,21)7-4-13)23-16(24-25)14-9-15(19)11-22-10-14/h9-13H,3-8H2,1-2H3. The molecule has 1 saturated carbocycles. The van der Waals surface area contributed by atoms with Crippen LogP contribution in [0.4, 0.5) is 13.2 Å². The van der Waals surface area contributed by atoms with Crippen LogP contribution in [-0.2, 0) is 6.54 Å². The maximum Gasteiger partial charge on any atom is 0.248 e. The first kappa shape index (κ1) is 17.9. The number of hydrogen-bond donors (Lipinski definition) is 0. The summed E-state index contributed by atoms with van der Waals surface area (Å²) in [6.07, 6.45) is 4.12. The summed E-state index contributed by atoms with van der Waals surface area (Å²) < 4.78 is 42.2. The molecule has 0 spiro atoms. The SMILES string of the molecule is CC(C)CCn1nc(-c2cncc(F)c2)nc1C1CCC(F)(F)CC1. The van der Waals surface area contributed by atoms with Gasteiger partial charge in [-0.1, -0.05) is 13.8 Å². The number of halogens is 3. The molecule has 0 atom stereocenters. The van der Waals surface area contributed by atoms with E-state index in [9.17, 15) is 13.2 Å². The van der Waals surface area contributed by atoms with Gasteiger partial charge in [0.15, 0.2) is 5.82 Å². The highest BCUT2D eigenvalue weighted by Gasteiger charge is 2.37. The Balaban J connectivity index is 1.89. The molecule has 0 unspecified atom stereocenters. The van der Waals surface area contributed by atoms with Gasteiger partial charge in [0.05, 0.1) is 6.20 Å². The van der Waals surface area contributed by atoms with Crippen molar-refractivity contribution in [2.45, 2.75) is 64.3 Å². The molecular formula is C18H23F3N4. The van der Waals surface area contributed by atoms with E-state index in [2.05, 4.69) is 28.9 Å². The molecule has 0 aliphatic heterocycles. The highest BCUT2D eigenvalue weighted by molar-refractivity contribution is 5.52. The molecule has 2 aromatic rings. The topological polar surface area (TPSA) is 43.6 Å². The van der Waals surface area contributed by atoms with Crippen molar-refractivity contribution in [2.75, 3.05) is 0 Å². The Morgan fingerprint density at radius 1 is 1.24 bits per heavy atom. The smallest absolute Gasteiger partial charge is 0.248 e. The lowest BCUT2D eigenvalue weighted by atomic mass is 9.86. The van der Waals surface area contributed by atoms with Crippen molar-refractivity contribution in [2.24, 2.45) is 5.92 Å². The van der Waals surface area contributed by atoms with Crippen molar-refractivity contribution < 1.29 is 13.2 Å². The monoisotopic (exact) mass is 352 g/mol. The summed E-state index contributed by atoms with van der Waals surface area (Å²) in [5.41, 5.74) is 0.505. The van der Waals surface area contributed by atoms with E-state index in [-0.39, 0.29) is 18.8 Å². The third-order valence-electron chi connectivity index (χ3n) is 4.66. The van der Waals surface area contributed by atoms with Crippen LogP contribution >= 0.6 is 0 Å². The van der Waals surface area contributed by atoms with Crippen molar-refractivity contribution in [3.8, 4) is 11.4 Å². The maximum absolute atomic E-state index is 13.5. The fraction of sp³-hybridized carbons (Fsp3) is 0.611. The molecule has 25 heavy (non-hydrogen) atoms. The van der Waals surface area contributed by atoms with E-state index in [1.807, 2.05) is 4.68 Å². The summed E-state index contributed by atoms with van der Waals surface area (Å²) in [6, 6.07) is 1.34. The second kappa shape index (κ2) is 7.14. The Hall–Kier alpha value is -1.92. The van der Waals surface area contributed by atoms with Gasteiger partial charge in [-0.05, 0) is 31.2 Å². The van der Waals surface area contributed by atoms with Crippen LogP contribution < -0.4 is 0 Å². The van der Waals surface area contributed by atoms with Gasteiger partial charge < -0.3 is 0 Å². The minimum absolute atomic E-state index is 0.0328. The number of alkyl halides is 2. The molecule has 7 heteroatoms. The fourth-order valence-corrected chi connectivity index (χ4v) is 3.16. The number of hydrogen-bond acceptors (Lipinski definition) is 3. The molecule has 3 rings (SSSR count). The maximum atomic E-state index is 13.5. The fourth-order valence-electron chi connectivity index (χ4n) is 3.16. The third-order valence-corrected chi connectivity index (χ3v) is 4.66. The zero-order valence-corrected chi connectivity index (χ0v) is 14.6. The van der Waals surface area contributed by atoms with Gasteiger partial charge >= 0.3 is 0 Å². The molecule has 0 radical (unpaired) electrons. The van der Waals surface area contributed by atoms with Crippen LogP contribution in [-0.4, -0.2) is 25.7 Å². The van der Waals surface area contributed by atoms with Crippen molar-refractivity contribution in [3.63, 3.8) is 0 Å². The molecule has 2 heterocycles. The van der Waals surface area contributed by atoms with Gasteiger partial charge in [0.2, 0.25) is 5.92 Å². The lowest BCUT2D eigenvalue weighted by Gasteiger charge is -2.27. The van der Waals surface area contributed by atoms with Gasteiger partial charge in [-0.3, -0.25) is 4.98 Å². The Labute approximate surface area is 145 Å². The van der Waals surface area contributed by atoms with E-state index < -0.39 is 11.7 Å². The number of rotatable bonds is 5. The molecule has 4 nitrogen and oxygen atoms in total. The molecule has 1 aliphatic rings. The van der Waals surface area contributed by atoms with Crippen LogP contribution in [0.15, 0.2) is 18.5 Å². The number of aryl methyl sites for hydroxylation is 1. The minimum Gasteiger partial charge on any atom is -0.261 e. The van der Waals surface area contributed by atoms with E-state index in [0.717, 1.165) is 18.4 Å². The summed E-state index contributed by atoms with van der Waals surface area (Å²) in [5.74, 6) is -1.43. The molecular weight excluding hydrogens is 329 g/mol. The molecule has 0 saturated heterocycles. The molecule has 2 aromatic heterocycles. The normalized spacial score (nSPS) is 18.0. The Morgan fingerprint density at radius 2 is 1.96 bits per heavy atom. The number of pyridine rings is 1. The molecule has 0 bridgehead atoms. The van der Waals surface area contributed by atoms with E-state index in [4.69, 9.17) is 0 Å². The van der Waals surface area contributed by atoms with Crippen LogP contribution in [0, 0.1) is 11.7 Å². The highest BCUT2D eigenvalue weighted by atomic mass is 19.3. The number of aromatic nitrogens is 4. The second-order valence-corrected chi connectivity index (χ2v) is 7.22. The average molecular weight is 352 g/mol. The first-order chi connectivity index (χ1) is 11.8. The van der Waals surface area contributed by atoms with Crippen LogP contribution in [0.3, 0.4) is 0 Å². The minimum atomic E-state index is -2.57. The summed E-state index contributed by atoms with van der Waals surface area (Å²) in [4.78, 5) is 8.41. The largest absolute Gasteiger partial charge is 0.261 e. The Morgan fingerprint density at radius 3 is 2.60 bits per heavy atom. The first-order valence-electron chi connectivity index (χ1n) is 8.77. The van der Waals surface area contributed by atoms with Gasteiger partial charge in [0.25, 0.3) is 0 Å². The van der Waals surface area contributed by atoms with Crippen molar-refractivity contribution in [1.29, 1.82) is 0 Å². The molecule has 1 aliphatic carbocycles. The zero-order valence-electron chi connectivity index (χ0n) is 14.6. The predicted molar refractivity (Wildman–Crippen MR) is 88.8 cm³/mol. The second-order valence-electron chi connectivity index (χ2n) is 7.22. The quantitative estimate of drug-likeness (QED) is 0.775. The van der Waals surface area contributed by atoms with Gasteiger partial charge in [-0.15, -0.1) is 0 Å². The molecule has 0 N–H and O–H groups in total. The molecule has 0 aromatic carbocycles. The average Bonchev–Trinajstić information content (AvgIpc) is 2.97. The molecule has 0 amide bonds. The van der Waals surface area contributed by atoms with E-state index >= 15 is 0 Å². The zero-order chi connectivity index (χ0) is 18.0. The summed E-state index contributed by atoms with van der Waals surface area (Å²) in [7, 11) is 0. The van der Waals surface area contributed by atoms with Crippen LogP contribution in [0.5, 0.6) is 0 Å². The lowest BCUT2D eigenvalue weighted by molar-refractivity contribution is -0.0390. The van der Waals surface area contributed by atoms with E-state index in [0.29, 0.717) is 36.7 Å². The van der Waals surface area contributed by atoms with Crippen LogP contribution in [0.1, 0.15) is 57.7 Å².